The van der Waals surface area contributed by atoms with Gasteiger partial charge in [-0.3, -0.25) is 4.90 Å². The van der Waals surface area contributed by atoms with Crippen LogP contribution < -0.4 is 0 Å². The van der Waals surface area contributed by atoms with Gasteiger partial charge in [-0.05, 0) is 38.0 Å². The van der Waals surface area contributed by atoms with Gasteiger partial charge in [0.25, 0.3) is 0 Å². The van der Waals surface area contributed by atoms with Gasteiger partial charge in [0.2, 0.25) is 0 Å². The average Bonchev–Trinajstić information content (AvgIpc) is 2.23. The molecule has 1 aliphatic rings. The van der Waals surface area contributed by atoms with Crippen molar-refractivity contribution < 1.29 is 10.2 Å². The maximum Gasteiger partial charge on any atom is 0.0631 e. The Morgan fingerprint density at radius 3 is 2.53 bits per heavy atom. The van der Waals surface area contributed by atoms with E-state index in [4.69, 9.17) is 5.11 Å². The van der Waals surface area contributed by atoms with Gasteiger partial charge in [-0.15, -0.1) is 0 Å². The normalized spacial score (nSPS) is 28.9. The van der Waals surface area contributed by atoms with Crippen LogP contribution in [0.3, 0.4) is 0 Å². The van der Waals surface area contributed by atoms with Crippen LogP contribution in [0, 0.1) is 11.3 Å². The zero-order valence-corrected chi connectivity index (χ0v) is 11.8. The van der Waals surface area contributed by atoms with Gasteiger partial charge >= 0.3 is 0 Å². The van der Waals surface area contributed by atoms with E-state index in [1.807, 2.05) is 0 Å². The Morgan fingerprint density at radius 1 is 1.35 bits per heavy atom. The summed E-state index contributed by atoms with van der Waals surface area (Å²) in [6, 6.07) is 0.430. The summed E-state index contributed by atoms with van der Waals surface area (Å²) in [5, 5.41) is 19.5. The maximum atomic E-state index is 10.4. The standard InChI is InChI=1S/C14H29NO2/c1-11(2)15(8-9-16)10-12-6-5-7-14(3,4)13(12)17/h11-13,16-17H,5-10H2,1-4H3. The molecule has 0 heterocycles. The van der Waals surface area contributed by atoms with Gasteiger partial charge in [0.15, 0.2) is 0 Å². The molecule has 2 N–H and O–H groups in total. The van der Waals surface area contributed by atoms with Crippen LogP contribution in [0.5, 0.6) is 0 Å². The van der Waals surface area contributed by atoms with E-state index in [-0.39, 0.29) is 18.1 Å². The Bertz CT molecular complexity index is 228. The lowest BCUT2D eigenvalue weighted by Gasteiger charge is -2.43. The first-order chi connectivity index (χ1) is 7.88. The van der Waals surface area contributed by atoms with Crippen molar-refractivity contribution in [2.75, 3.05) is 19.7 Å². The third-order valence-electron chi connectivity index (χ3n) is 4.23. The zero-order chi connectivity index (χ0) is 13.1. The van der Waals surface area contributed by atoms with Crippen LogP contribution in [-0.2, 0) is 0 Å². The summed E-state index contributed by atoms with van der Waals surface area (Å²) in [5.41, 5.74) is 0.0464. The second-order valence-corrected chi connectivity index (χ2v) is 6.40. The molecule has 0 radical (unpaired) electrons. The Hall–Kier alpha value is -0.120. The summed E-state index contributed by atoms with van der Waals surface area (Å²) in [5.74, 6) is 0.354. The SMILES string of the molecule is CC(C)N(CCO)CC1CCCC(C)(C)C1O. The van der Waals surface area contributed by atoms with Crippen molar-refractivity contribution in [3.8, 4) is 0 Å². The van der Waals surface area contributed by atoms with Crippen molar-refractivity contribution in [1.82, 2.24) is 4.90 Å². The predicted molar refractivity (Wildman–Crippen MR) is 70.9 cm³/mol. The average molecular weight is 243 g/mol. The third kappa shape index (κ3) is 3.94. The second-order valence-electron chi connectivity index (χ2n) is 6.40. The fraction of sp³-hybridized carbons (Fsp3) is 1.00. The minimum Gasteiger partial charge on any atom is -0.395 e. The van der Waals surface area contributed by atoms with Crippen LogP contribution in [0.4, 0.5) is 0 Å². The highest BCUT2D eigenvalue weighted by Gasteiger charge is 2.38. The topological polar surface area (TPSA) is 43.7 Å². The highest BCUT2D eigenvalue weighted by atomic mass is 16.3. The highest BCUT2D eigenvalue weighted by molar-refractivity contribution is 4.89. The molecule has 0 bridgehead atoms. The predicted octanol–water partition coefficient (Wildman–Crippen LogP) is 1.88. The van der Waals surface area contributed by atoms with E-state index in [2.05, 4.69) is 32.6 Å². The van der Waals surface area contributed by atoms with Crippen molar-refractivity contribution >= 4 is 0 Å². The molecule has 0 amide bonds. The Morgan fingerprint density at radius 2 is 2.00 bits per heavy atom. The molecule has 0 spiro atoms. The van der Waals surface area contributed by atoms with Gasteiger partial charge < -0.3 is 10.2 Å². The fourth-order valence-electron chi connectivity index (χ4n) is 2.94. The molecule has 0 aromatic rings. The first-order valence-corrected chi connectivity index (χ1v) is 6.91. The number of hydrogen-bond donors (Lipinski definition) is 2. The summed E-state index contributed by atoms with van der Waals surface area (Å²) in [4.78, 5) is 2.27. The van der Waals surface area contributed by atoms with Crippen LogP contribution in [0.2, 0.25) is 0 Å². The molecule has 1 fully saturated rings. The third-order valence-corrected chi connectivity index (χ3v) is 4.23. The van der Waals surface area contributed by atoms with Crippen LogP contribution in [0.25, 0.3) is 0 Å². The maximum absolute atomic E-state index is 10.4. The van der Waals surface area contributed by atoms with Crippen LogP contribution in [0.1, 0.15) is 47.0 Å². The van der Waals surface area contributed by atoms with Gasteiger partial charge in [-0.25, -0.2) is 0 Å². The quantitative estimate of drug-likeness (QED) is 0.775. The molecule has 0 aliphatic heterocycles. The van der Waals surface area contributed by atoms with E-state index in [9.17, 15) is 5.11 Å². The van der Waals surface area contributed by atoms with Crippen molar-refractivity contribution in [3.63, 3.8) is 0 Å². The molecule has 17 heavy (non-hydrogen) atoms. The first kappa shape index (κ1) is 14.9. The molecule has 102 valence electrons. The van der Waals surface area contributed by atoms with Gasteiger partial charge in [-0.2, -0.15) is 0 Å². The van der Waals surface area contributed by atoms with Gasteiger partial charge in [0.1, 0.15) is 0 Å². The van der Waals surface area contributed by atoms with Crippen molar-refractivity contribution in [3.05, 3.63) is 0 Å². The molecule has 2 atom stereocenters. The van der Waals surface area contributed by atoms with Gasteiger partial charge in [-0.1, -0.05) is 20.3 Å². The molecular weight excluding hydrogens is 214 g/mol. The number of nitrogens with zero attached hydrogens (tertiary/aromatic N) is 1. The molecule has 3 nitrogen and oxygen atoms in total. The van der Waals surface area contributed by atoms with E-state index in [0.717, 1.165) is 19.4 Å². The van der Waals surface area contributed by atoms with Crippen molar-refractivity contribution in [2.24, 2.45) is 11.3 Å². The summed E-state index contributed by atoms with van der Waals surface area (Å²) in [6.07, 6.45) is 3.22. The smallest absolute Gasteiger partial charge is 0.0631 e. The van der Waals surface area contributed by atoms with Gasteiger partial charge in [0, 0.05) is 19.1 Å². The Labute approximate surface area is 106 Å². The van der Waals surface area contributed by atoms with E-state index >= 15 is 0 Å². The van der Waals surface area contributed by atoms with Crippen LogP contribution >= 0.6 is 0 Å². The van der Waals surface area contributed by atoms with E-state index < -0.39 is 0 Å². The Kier molecular flexibility index (Phi) is 5.42. The molecule has 1 saturated carbocycles. The lowest BCUT2D eigenvalue weighted by Crippen LogP contribution is -2.47. The second kappa shape index (κ2) is 6.17. The fourth-order valence-corrected chi connectivity index (χ4v) is 2.94. The molecule has 0 aromatic carbocycles. The molecule has 1 rings (SSSR count). The lowest BCUT2D eigenvalue weighted by molar-refractivity contribution is -0.0468. The minimum absolute atomic E-state index is 0.0464. The van der Waals surface area contributed by atoms with Crippen LogP contribution in [-0.4, -0.2) is 47.0 Å². The summed E-state index contributed by atoms with van der Waals surface area (Å²) >= 11 is 0. The molecular formula is C14H29NO2. The Balaban J connectivity index is 2.59. The summed E-state index contributed by atoms with van der Waals surface area (Å²) in [6.45, 7) is 10.4. The van der Waals surface area contributed by atoms with Crippen molar-refractivity contribution in [1.29, 1.82) is 0 Å². The number of aliphatic hydroxyl groups is 2. The van der Waals surface area contributed by atoms with Gasteiger partial charge in [0.05, 0.1) is 12.7 Å². The minimum atomic E-state index is -0.212. The monoisotopic (exact) mass is 243 g/mol. The lowest BCUT2D eigenvalue weighted by atomic mass is 9.69. The summed E-state index contributed by atoms with van der Waals surface area (Å²) < 4.78 is 0. The number of hydrogen-bond acceptors (Lipinski definition) is 3. The molecule has 3 heteroatoms. The zero-order valence-electron chi connectivity index (χ0n) is 11.8. The summed E-state index contributed by atoms with van der Waals surface area (Å²) in [7, 11) is 0. The van der Waals surface area contributed by atoms with Crippen LogP contribution in [0.15, 0.2) is 0 Å². The van der Waals surface area contributed by atoms with E-state index in [1.165, 1.54) is 6.42 Å². The van der Waals surface area contributed by atoms with E-state index in [1.54, 1.807) is 0 Å². The van der Waals surface area contributed by atoms with E-state index in [0.29, 0.717) is 18.5 Å². The molecule has 1 aliphatic carbocycles. The van der Waals surface area contributed by atoms with Crippen molar-refractivity contribution in [2.45, 2.75) is 59.1 Å². The highest BCUT2D eigenvalue weighted by Crippen LogP contribution is 2.39. The first-order valence-electron chi connectivity index (χ1n) is 6.91. The largest absolute Gasteiger partial charge is 0.395 e. The number of aliphatic hydroxyl groups excluding tert-OH is 2. The molecule has 0 saturated heterocycles. The molecule has 2 unspecified atom stereocenters. The number of rotatable bonds is 5. The molecule has 0 aromatic heterocycles.